The van der Waals surface area contributed by atoms with E-state index in [1.54, 1.807) is 12.5 Å². The molecule has 6 heteroatoms. The Morgan fingerprint density at radius 1 is 1.18 bits per heavy atom. The first-order valence-corrected chi connectivity index (χ1v) is 7.37. The van der Waals surface area contributed by atoms with Crippen LogP contribution in [0.3, 0.4) is 0 Å². The van der Waals surface area contributed by atoms with Crippen molar-refractivity contribution in [2.24, 2.45) is 4.99 Å². The Labute approximate surface area is 148 Å². The minimum atomic E-state index is 0. The van der Waals surface area contributed by atoms with Crippen molar-refractivity contribution in [2.75, 3.05) is 6.54 Å². The van der Waals surface area contributed by atoms with Crippen molar-refractivity contribution in [3.8, 4) is 0 Å². The van der Waals surface area contributed by atoms with Crippen LogP contribution in [-0.2, 0) is 13.0 Å². The molecule has 2 rings (SSSR count). The van der Waals surface area contributed by atoms with Crippen LogP contribution in [0.2, 0.25) is 0 Å². The normalized spacial score (nSPS) is 12.5. The van der Waals surface area contributed by atoms with Crippen LogP contribution in [0.5, 0.6) is 0 Å². The molecule has 0 aliphatic rings. The summed E-state index contributed by atoms with van der Waals surface area (Å²) in [7, 11) is 0. The lowest BCUT2D eigenvalue weighted by Gasteiger charge is -2.16. The number of halogens is 1. The number of guanidine groups is 1. The largest absolute Gasteiger partial charge is 0.469 e. The number of rotatable bonds is 7. The van der Waals surface area contributed by atoms with Crippen molar-refractivity contribution >= 4 is 29.9 Å². The predicted octanol–water partition coefficient (Wildman–Crippen LogP) is 3.57. The summed E-state index contributed by atoms with van der Waals surface area (Å²) in [6, 6.07) is 8.04. The monoisotopic (exact) mass is 417 g/mol. The van der Waals surface area contributed by atoms with Gasteiger partial charge in [-0.25, -0.2) is 4.99 Å². The van der Waals surface area contributed by atoms with E-state index in [9.17, 15) is 0 Å². The summed E-state index contributed by atoms with van der Waals surface area (Å²) in [5, 5.41) is 6.70. The van der Waals surface area contributed by atoms with E-state index in [1.807, 2.05) is 24.3 Å². The minimum Gasteiger partial charge on any atom is -0.469 e. The van der Waals surface area contributed by atoms with E-state index in [0.717, 1.165) is 36.9 Å². The van der Waals surface area contributed by atoms with Crippen LogP contribution in [0, 0.1) is 0 Å². The summed E-state index contributed by atoms with van der Waals surface area (Å²) in [6.07, 6.45) is 5.23. The van der Waals surface area contributed by atoms with Crippen molar-refractivity contribution in [3.63, 3.8) is 0 Å². The van der Waals surface area contributed by atoms with E-state index >= 15 is 0 Å². The fourth-order valence-corrected chi connectivity index (χ4v) is 1.81. The third kappa shape index (κ3) is 6.55. The van der Waals surface area contributed by atoms with Crippen molar-refractivity contribution < 1.29 is 8.83 Å². The fraction of sp³-hybridized carbons (Fsp3) is 0.438. The van der Waals surface area contributed by atoms with E-state index in [4.69, 9.17) is 8.83 Å². The first-order chi connectivity index (χ1) is 10.3. The summed E-state index contributed by atoms with van der Waals surface area (Å²) in [5.41, 5.74) is 0. The zero-order chi connectivity index (χ0) is 14.9. The second kappa shape index (κ2) is 10.3. The van der Waals surface area contributed by atoms with E-state index in [-0.39, 0.29) is 24.0 Å². The molecule has 5 nitrogen and oxygen atoms in total. The second-order valence-electron chi connectivity index (χ2n) is 4.95. The van der Waals surface area contributed by atoms with Gasteiger partial charge in [-0.1, -0.05) is 6.92 Å². The van der Waals surface area contributed by atoms with Crippen LogP contribution in [-0.4, -0.2) is 18.5 Å². The van der Waals surface area contributed by atoms with E-state index in [0.29, 0.717) is 12.6 Å². The minimum absolute atomic E-state index is 0. The van der Waals surface area contributed by atoms with Gasteiger partial charge in [-0.15, -0.1) is 24.0 Å². The molecule has 2 N–H and O–H groups in total. The lowest BCUT2D eigenvalue weighted by Crippen LogP contribution is -2.42. The van der Waals surface area contributed by atoms with Gasteiger partial charge >= 0.3 is 0 Å². The lowest BCUT2D eigenvalue weighted by molar-refractivity contribution is 0.503. The molecule has 0 bridgehead atoms. The van der Waals surface area contributed by atoms with E-state index in [1.165, 1.54) is 0 Å². The van der Waals surface area contributed by atoms with Crippen LogP contribution < -0.4 is 10.6 Å². The quantitative estimate of drug-likeness (QED) is 0.411. The van der Waals surface area contributed by atoms with Gasteiger partial charge in [0, 0.05) is 19.0 Å². The SMILES string of the molecule is CCC(C)NC(=NCc1ccco1)NCCc1ccco1.I. The molecule has 0 saturated heterocycles. The summed E-state index contributed by atoms with van der Waals surface area (Å²) in [4.78, 5) is 4.54. The van der Waals surface area contributed by atoms with Gasteiger partial charge in [0.25, 0.3) is 0 Å². The molecule has 0 aliphatic carbocycles. The van der Waals surface area contributed by atoms with Gasteiger partial charge in [0.05, 0.1) is 12.5 Å². The number of nitrogens with zero attached hydrogens (tertiary/aromatic N) is 1. The van der Waals surface area contributed by atoms with Crippen molar-refractivity contribution in [3.05, 3.63) is 48.3 Å². The molecule has 0 fully saturated rings. The zero-order valence-corrected chi connectivity index (χ0v) is 15.4. The highest BCUT2D eigenvalue weighted by Gasteiger charge is 2.04. The second-order valence-corrected chi connectivity index (χ2v) is 4.95. The van der Waals surface area contributed by atoms with Gasteiger partial charge in [-0.3, -0.25) is 0 Å². The Bertz CT molecular complexity index is 524. The molecule has 22 heavy (non-hydrogen) atoms. The number of hydrogen-bond acceptors (Lipinski definition) is 3. The van der Waals surface area contributed by atoms with Gasteiger partial charge in [0.15, 0.2) is 5.96 Å². The summed E-state index contributed by atoms with van der Waals surface area (Å²) >= 11 is 0. The standard InChI is InChI=1S/C16H23N3O2.HI/c1-3-13(2)19-16(18-12-15-7-5-11-21-15)17-9-8-14-6-4-10-20-14;/h4-7,10-11,13H,3,8-9,12H2,1-2H3,(H2,17,18,19);1H. The van der Waals surface area contributed by atoms with Crippen LogP contribution >= 0.6 is 24.0 Å². The maximum absolute atomic E-state index is 5.32. The Morgan fingerprint density at radius 2 is 1.86 bits per heavy atom. The van der Waals surface area contributed by atoms with Crippen LogP contribution in [0.25, 0.3) is 0 Å². The third-order valence-electron chi connectivity index (χ3n) is 3.21. The van der Waals surface area contributed by atoms with Crippen molar-refractivity contribution in [2.45, 2.75) is 39.3 Å². The first-order valence-electron chi connectivity index (χ1n) is 7.37. The molecule has 0 radical (unpaired) electrons. The lowest BCUT2D eigenvalue weighted by atomic mass is 10.3. The maximum Gasteiger partial charge on any atom is 0.191 e. The molecule has 1 unspecified atom stereocenters. The highest BCUT2D eigenvalue weighted by molar-refractivity contribution is 14.0. The van der Waals surface area contributed by atoms with Gasteiger partial charge in [0.2, 0.25) is 0 Å². The molecular weight excluding hydrogens is 393 g/mol. The molecule has 0 saturated carbocycles. The summed E-state index contributed by atoms with van der Waals surface area (Å²) < 4.78 is 10.6. The highest BCUT2D eigenvalue weighted by Crippen LogP contribution is 2.02. The average Bonchev–Trinajstić information content (AvgIpc) is 3.17. The fourth-order valence-electron chi connectivity index (χ4n) is 1.81. The highest BCUT2D eigenvalue weighted by atomic mass is 127. The molecule has 0 amide bonds. The van der Waals surface area contributed by atoms with Gasteiger partial charge < -0.3 is 19.5 Å². The molecule has 122 valence electrons. The third-order valence-corrected chi connectivity index (χ3v) is 3.21. The maximum atomic E-state index is 5.32. The molecule has 2 aromatic rings. The van der Waals surface area contributed by atoms with Gasteiger partial charge in [-0.05, 0) is 37.6 Å². The zero-order valence-electron chi connectivity index (χ0n) is 13.0. The predicted molar refractivity (Wildman–Crippen MR) is 98.6 cm³/mol. The van der Waals surface area contributed by atoms with Crippen molar-refractivity contribution in [1.82, 2.24) is 10.6 Å². The van der Waals surface area contributed by atoms with Crippen molar-refractivity contribution in [1.29, 1.82) is 0 Å². The van der Waals surface area contributed by atoms with E-state index < -0.39 is 0 Å². The molecule has 1 atom stereocenters. The Hall–Kier alpha value is -1.44. The summed E-state index contributed by atoms with van der Waals surface area (Å²) in [5.74, 6) is 2.62. The van der Waals surface area contributed by atoms with Crippen LogP contribution in [0.15, 0.2) is 50.6 Å². The number of aliphatic imine (C=N–C) groups is 1. The van der Waals surface area contributed by atoms with Gasteiger partial charge in [0.1, 0.15) is 18.1 Å². The molecule has 0 aliphatic heterocycles. The van der Waals surface area contributed by atoms with Gasteiger partial charge in [-0.2, -0.15) is 0 Å². The first kappa shape index (κ1) is 18.6. The molecule has 2 heterocycles. The van der Waals surface area contributed by atoms with E-state index in [2.05, 4.69) is 29.5 Å². The molecule has 2 aromatic heterocycles. The smallest absolute Gasteiger partial charge is 0.191 e. The number of furan rings is 2. The topological polar surface area (TPSA) is 62.7 Å². The average molecular weight is 417 g/mol. The molecular formula is C16H24IN3O2. The Morgan fingerprint density at radius 3 is 2.45 bits per heavy atom. The Kier molecular flexibility index (Phi) is 8.72. The number of nitrogens with one attached hydrogen (secondary N) is 2. The molecule has 0 spiro atoms. The summed E-state index contributed by atoms with van der Waals surface area (Å²) in [6.45, 7) is 5.58. The Balaban J connectivity index is 0.00000242. The number of hydrogen-bond donors (Lipinski definition) is 2. The van der Waals surface area contributed by atoms with Crippen LogP contribution in [0.4, 0.5) is 0 Å². The van der Waals surface area contributed by atoms with Crippen LogP contribution in [0.1, 0.15) is 31.8 Å². The molecule has 0 aromatic carbocycles.